The Morgan fingerprint density at radius 1 is 1.22 bits per heavy atom. The predicted octanol–water partition coefficient (Wildman–Crippen LogP) is 3.69. The number of aromatic nitrogens is 5. The number of hydrogen-bond donors (Lipinski definition) is 1. The Labute approximate surface area is 185 Å². The van der Waals surface area contributed by atoms with Gasteiger partial charge >= 0.3 is 0 Å². The van der Waals surface area contributed by atoms with Crippen LogP contribution < -0.4 is 10.5 Å². The first-order valence-electron chi connectivity index (χ1n) is 10.4. The van der Waals surface area contributed by atoms with Crippen LogP contribution in [0, 0.1) is 18.3 Å². The monoisotopic (exact) mass is 425 g/mol. The number of hydrogen-bond acceptors (Lipinski definition) is 6. The first kappa shape index (κ1) is 19.8. The third-order valence-electron chi connectivity index (χ3n) is 5.86. The lowest BCUT2D eigenvalue weighted by Gasteiger charge is -2.21. The Morgan fingerprint density at radius 2 is 2.03 bits per heavy atom. The quantitative estimate of drug-likeness (QED) is 0.460. The molecule has 5 rings (SSSR count). The topological polar surface area (TPSA) is 108 Å². The summed E-state index contributed by atoms with van der Waals surface area (Å²) in [6.07, 6.45) is 3.91. The molecule has 1 aromatic carbocycles. The van der Waals surface area contributed by atoms with E-state index in [4.69, 9.17) is 15.6 Å². The molecule has 0 radical (unpaired) electrons. The van der Waals surface area contributed by atoms with Gasteiger partial charge in [-0.2, -0.15) is 15.5 Å². The Kier molecular flexibility index (Phi) is 4.48. The van der Waals surface area contributed by atoms with Crippen molar-refractivity contribution in [3.63, 3.8) is 0 Å². The Morgan fingerprint density at radius 3 is 2.81 bits per heavy atom. The summed E-state index contributed by atoms with van der Waals surface area (Å²) in [5.41, 5.74) is 13.9. The van der Waals surface area contributed by atoms with Gasteiger partial charge in [-0.05, 0) is 19.9 Å². The molecule has 2 bridgehead atoms. The molecule has 0 unspecified atom stereocenters. The zero-order chi connectivity index (χ0) is 22.6. The van der Waals surface area contributed by atoms with Crippen LogP contribution in [-0.4, -0.2) is 24.5 Å². The van der Waals surface area contributed by atoms with Gasteiger partial charge in [-0.25, -0.2) is 4.98 Å². The lowest BCUT2D eigenvalue weighted by molar-refractivity contribution is 0.228. The summed E-state index contributed by atoms with van der Waals surface area (Å²) in [6, 6.07) is 10.4. The van der Waals surface area contributed by atoms with Crippen LogP contribution in [0.4, 0.5) is 5.82 Å². The van der Waals surface area contributed by atoms with Crippen LogP contribution in [0.5, 0.6) is 5.75 Å². The number of nitrogens with zero attached hydrogens (tertiary/aromatic N) is 6. The minimum absolute atomic E-state index is 0.290. The van der Waals surface area contributed by atoms with E-state index < -0.39 is 0 Å². The van der Waals surface area contributed by atoms with Gasteiger partial charge < -0.3 is 10.5 Å². The second kappa shape index (κ2) is 7.24. The summed E-state index contributed by atoms with van der Waals surface area (Å²) in [5.74, 6) is 0.775. The molecule has 4 heterocycles. The van der Waals surface area contributed by atoms with Crippen molar-refractivity contribution >= 4 is 5.82 Å². The molecular formula is C24H23N7O. The molecule has 0 saturated carbocycles. The van der Waals surface area contributed by atoms with Crippen molar-refractivity contribution in [1.29, 1.82) is 5.26 Å². The van der Waals surface area contributed by atoms with Gasteiger partial charge in [-0.3, -0.25) is 9.36 Å². The first-order chi connectivity index (χ1) is 15.4. The van der Waals surface area contributed by atoms with Gasteiger partial charge in [0.2, 0.25) is 0 Å². The molecular weight excluding hydrogens is 402 g/mol. The van der Waals surface area contributed by atoms with Crippen molar-refractivity contribution in [2.75, 3.05) is 5.73 Å². The third-order valence-corrected chi connectivity index (χ3v) is 5.86. The Balaban J connectivity index is 1.84. The molecule has 8 heteroatoms. The van der Waals surface area contributed by atoms with Gasteiger partial charge in [0.05, 0.1) is 11.4 Å². The standard InChI is InChI=1S/C24H23N7O/c1-13-5-6-17-18(7-13)14(2)32-21-9-15(11-27-24(21)26)22-19(28-31(4)20(22)10-25)8-16-12-30(3)29-23(16)17/h5-7,9,11-12,14H,8H2,1-4H3,(H2,26,27)/t14-/m1/s1. The van der Waals surface area contributed by atoms with Crippen LogP contribution >= 0.6 is 0 Å². The summed E-state index contributed by atoms with van der Waals surface area (Å²) >= 11 is 0. The second-order valence-corrected chi connectivity index (χ2v) is 8.22. The molecule has 0 amide bonds. The number of rotatable bonds is 0. The van der Waals surface area contributed by atoms with E-state index in [9.17, 15) is 5.26 Å². The number of pyridine rings is 1. The molecule has 1 aliphatic rings. The van der Waals surface area contributed by atoms with E-state index in [1.165, 1.54) is 0 Å². The van der Waals surface area contributed by atoms with E-state index in [1.807, 2.05) is 30.9 Å². The van der Waals surface area contributed by atoms with Gasteiger partial charge in [-0.1, -0.05) is 23.8 Å². The van der Waals surface area contributed by atoms with Gasteiger partial charge in [0.25, 0.3) is 0 Å². The second-order valence-electron chi connectivity index (χ2n) is 8.22. The highest BCUT2D eigenvalue weighted by atomic mass is 16.5. The van der Waals surface area contributed by atoms with Gasteiger partial charge in [0, 0.05) is 60.7 Å². The number of nitrogens with two attached hydrogens (primary N) is 1. The average Bonchev–Trinajstić information content (AvgIpc) is 3.27. The van der Waals surface area contributed by atoms with Crippen molar-refractivity contribution in [3.8, 4) is 34.2 Å². The van der Waals surface area contributed by atoms with E-state index in [-0.39, 0.29) is 6.10 Å². The number of fused-ring (bicyclic) bond motifs is 7. The smallest absolute Gasteiger partial charge is 0.166 e. The number of benzene rings is 1. The third kappa shape index (κ3) is 3.10. The maximum absolute atomic E-state index is 9.83. The van der Waals surface area contributed by atoms with Crippen LogP contribution in [0.25, 0.3) is 22.4 Å². The normalized spacial score (nSPS) is 14.8. The minimum atomic E-state index is -0.290. The summed E-state index contributed by atoms with van der Waals surface area (Å²) in [7, 11) is 3.68. The molecule has 0 spiro atoms. The van der Waals surface area contributed by atoms with Gasteiger partial charge in [0.15, 0.2) is 11.6 Å². The van der Waals surface area contributed by atoms with Crippen LogP contribution in [0.15, 0.2) is 36.7 Å². The minimum Gasteiger partial charge on any atom is -0.482 e. The molecule has 3 aromatic heterocycles. The maximum Gasteiger partial charge on any atom is 0.166 e. The molecule has 8 nitrogen and oxygen atoms in total. The zero-order valence-corrected chi connectivity index (χ0v) is 18.4. The zero-order valence-electron chi connectivity index (χ0n) is 18.4. The summed E-state index contributed by atoms with van der Waals surface area (Å²) in [4.78, 5) is 4.36. The number of aryl methyl sites for hydroxylation is 3. The van der Waals surface area contributed by atoms with Crippen LogP contribution in [-0.2, 0) is 20.5 Å². The fourth-order valence-corrected chi connectivity index (χ4v) is 4.38. The molecule has 32 heavy (non-hydrogen) atoms. The lowest BCUT2D eigenvalue weighted by atomic mass is 9.93. The fourth-order valence-electron chi connectivity index (χ4n) is 4.38. The highest BCUT2D eigenvalue weighted by Crippen LogP contribution is 2.39. The van der Waals surface area contributed by atoms with E-state index in [2.05, 4.69) is 41.3 Å². The Bertz CT molecular complexity index is 1410. The highest BCUT2D eigenvalue weighted by molar-refractivity contribution is 5.75. The predicted molar refractivity (Wildman–Crippen MR) is 121 cm³/mol. The summed E-state index contributed by atoms with van der Waals surface area (Å²) < 4.78 is 9.75. The Hall–Kier alpha value is -4.12. The summed E-state index contributed by atoms with van der Waals surface area (Å²) in [6.45, 7) is 4.05. The van der Waals surface area contributed by atoms with Crippen molar-refractivity contribution < 1.29 is 4.74 Å². The van der Waals surface area contributed by atoms with Crippen molar-refractivity contribution in [3.05, 3.63) is 64.7 Å². The number of ether oxygens (including phenoxy) is 1. The van der Waals surface area contributed by atoms with Gasteiger partial charge in [0.1, 0.15) is 17.9 Å². The molecule has 1 aliphatic heterocycles. The van der Waals surface area contributed by atoms with Crippen molar-refractivity contribution in [2.45, 2.75) is 26.4 Å². The molecule has 0 aliphatic carbocycles. The molecule has 2 N–H and O–H groups in total. The van der Waals surface area contributed by atoms with E-state index in [1.54, 1.807) is 17.9 Å². The summed E-state index contributed by atoms with van der Waals surface area (Å²) in [5, 5.41) is 19.3. The van der Waals surface area contributed by atoms with E-state index in [0.717, 1.165) is 44.8 Å². The highest BCUT2D eigenvalue weighted by Gasteiger charge is 2.25. The maximum atomic E-state index is 9.83. The fraction of sp³-hybridized carbons (Fsp3) is 0.250. The van der Waals surface area contributed by atoms with Crippen LogP contribution in [0.3, 0.4) is 0 Å². The molecule has 1 atom stereocenters. The average molecular weight is 425 g/mol. The van der Waals surface area contributed by atoms with Crippen LogP contribution in [0.1, 0.15) is 41.1 Å². The van der Waals surface area contributed by atoms with E-state index in [0.29, 0.717) is 23.7 Å². The van der Waals surface area contributed by atoms with E-state index >= 15 is 0 Å². The molecule has 4 aromatic rings. The largest absolute Gasteiger partial charge is 0.482 e. The van der Waals surface area contributed by atoms with Crippen molar-refractivity contribution in [1.82, 2.24) is 24.5 Å². The molecule has 0 saturated heterocycles. The molecule has 0 fully saturated rings. The van der Waals surface area contributed by atoms with Crippen LogP contribution in [0.2, 0.25) is 0 Å². The lowest BCUT2D eigenvalue weighted by Crippen LogP contribution is -2.09. The first-order valence-corrected chi connectivity index (χ1v) is 10.4. The number of nitrogen functional groups attached to an aromatic ring is 1. The van der Waals surface area contributed by atoms with Gasteiger partial charge in [-0.15, -0.1) is 0 Å². The SMILES string of the molecule is Cc1ccc2c(c1)[C@@H](C)Oc1cc(cnc1N)-c1c(nn(C)c1C#N)Cc1cn(C)nc1-2. The molecule has 160 valence electrons. The number of nitriles is 1. The number of anilines is 1. The van der Waals surface area contributed by atoms with Crippen molar-refractivity contribution in [2.24, 2.45) is 14.1 Å².